The molecule has 26 heavy (non-hydrogen) atoms. The van der Waals surface area contributed by atoms with Crippen molar-refractivity contribution in [2.24, 2.45) is 5.73 Å². The number of aromatic nitrogens is 2. The van der Waals surface area contributed by atoms with Gasteiger partial charge in [-0.25, -0.2) is 4.98 Å². The van der Waals surface area contributed by atoms with Crippen LogP contribution in [0.4, 0.5) is 8.78 Å². The van der Waals surface area contributed by atoms with Crippen LogP contribution in [-0.4, -0.2) is 16.2 Å². The van der Waals surface area contributed by atoms with Crippen LogP contribution in [0.25, 0.3) is 11.0 Å². The van der Waals surface area contributed by atoms with Crippen LogP contribution >= 0.6 is 27.5 Å². The fraction of sp³-hybridized carbons (Fsp3) is 0.278. The second-order valence-corrected chi connectivity index (χ2v) is 7.90. The van der Waals surface area contributed by atoms with Gasteiger partial charge in [-0.1, -0.05) is 33.6 Å². The average molecular weight is 443 g/mol. The lowest BCUT2D eigenvalue weighted by Gasteiger charge is -2.21. The summed E-state index contributed by atoms with van der Waals surface area (Å²) in [6.07, 6.45) is 0.500. The van der Waals surface area contributed by atoms with E-state index in [2.05, 4.69) is 20.9 Å². The second kappa shape index (κ2) is 6.18. The van der Waals surface area contributed by atoms with Gasteiger partial charge >= 0.3 is 6.61 Å². The summed E-state index contributed by atoms with van der Waals surface area (Å²) in [7, 11) is 0. The maximum absolute atomic E-state index is 12.9. The second-order valence-electron chi connectivity index (χ2n) is 6.61. The molecule has 3 aromatic rings. The molecule has 0 unspecified atom stereocenters. The Hall–Kier alpha value is -1.70. The number of halogens is 4. The van der Waals surface area contributed by atoms with Crippen LogP contribution in [0, 0.1) is 0 Å². The number of fused-ring (bicyclic) bond motifs is 3. The number of nitrogens with zero attached hydrogens (tertiary/aromatic N) is 2. The normalized spacial score (nSPS) is 22.2. The number of hydrogen-bond acceptors (Lipinski definition) is 3. The van der Waals surface area contributed by atoms with Crippen molar-refractivity contribution in [1.82, 2.24) is 9.55 Å². The van der Waals surface area contributed by atoms with E-state index in [1.165, 1.54) is 6.07 Å². The molecule has 0 bridgehead atoms. The molecule has 0 fully saturated rings. The van der Waals surface area contributed by atoms with Gasteiger partial charge in [0.2, 0.25) is 0 Å². The molecule has 8 heteroatoms. The highest BCUT2D eigenvalue weighted by atomic mass is 79.9. The number of rotatable bonds is 3. The summed E-state index contributed by atoms with van der Waals surface area (Å²) in [5.41, 5.74) is 7.97. The van der Waals surface area contributed by atoms with Gasteiger partial charge in [-0.3, -0.25) is 0 Å². The van der Waals surface area contributed by atoms with Crippen molar-refractivity contribution >= 4 is 38.6 Å². The molecule has 1 aliphatic rings. The van der Waals surface area contributed by atoms with Gasteiger partial charge in [0.1, 0.15) is 11.6 Å². The maximum Gasteiger partial charge on any atom is 0.387 e. The lowest BCUT2D eigenvalue weighted by Crippen LogP contribution is -2.31. The van der Waals surface area contributed by atoms with Gasteiger partial charge in [-0.15, -0.1) is 0 Å². The number of benzene rings is 2. The topological polar surface area (TPSA) is 53.1 Å². The summed E-state index contributed by atoms with van der Waals surface area (Å²) in [6, 6.07) is 10.1. The predicted octanol–water partition coefficient (Wildman–Crippen LogP) is 5.22. The van der Waals surface area contributed by atoms with E-state index >= 15 is 0 Å². The molecule has 0 radical (unpaired) electrons. The Morgan fingerprint density at radius 1 is 1.38 bits per heavy atom. The predicted molar refractivity (Wildman–Crippen MR) is 99.8 cm³/mol. The third kappa shape index (κ3) is 2.78. The maximum atomic E-state index is 12.9. The fourth-order valence-corrected chi connectivity index (χ4v) is 4.42. The molecule has 4 nitrogen and oxygen atoms in total. The molecule has 1 aliphatic heterocycles. The molecular weight excluding hydrogens is 428 g/mol. The van der Waals surface area contributed by atoms with Crippen molar-refractivity contribution in [3.05, 3.63) is 57.3 Å². The number of alkyl halides is 2. The highest BCUT2D eigenvalue weighted by molar-refractivity contribution is 9.10. The largest absolute Gasteiger partial charge is 0.434 e. The van der Waals surface area contributed by atoms with Gasteiger partial charge < -0.3 is 15.0 Å². The first kappa shape index (κ1) is 17.7. The van der Waals surface area contributed by atoms with E-state index in [0.717, 1.165) is 11.0 Å². The van der Waals surface area contributed by atoms with Gasteiger partial charge in [0.25, 0.3) is 0 Å². The molecule has 0 saturated carbocycles. The van der Waals surface area contributed by atoms with Gasteiger partial charge in [-0.05, 0) is 43.7 Å². The van der Waals surface area contributed by atoms with E-state index in [1.807, 2.05) is 23.6 Å². The molecule has 2 heterocycles. The molecule has 2 N–H and O–H groups in total. The summed E-state index contributed by atoms with van der Waals surface area (Å²) >= 11 is 9.65. The summed E-state index contributed by atoms with van der Waals surface area (Å²) in [6.45, 7) is -1.03. The fourth-order valence-electron chi connectivity index (χ4n) is 3.64. The van der Waals surface area contributed by atoms with Crippen molar-refractivity contribution < 1.29 is 13.5 Å². The lowest BCUT2D eigenvalue weighted by atomic mass is 9.94. The quantitative estimate of drug-likeness (QED) is 0.605. The minimum absolute atomic E-state index is 0.118. The van der Waals surface area contributed by atoms with Gasteiger partial charge in [0.15, 0.2) is 0 Å². The molecule has 1 aromatic heterocycles. The van der Waals surface area contributed by atoms with Crippen molar-refractivity contribution in [3.8, 4) is 5.75 Å². The van der Waals surface area contributed by atoms with E-state index in [4.69, 9.17) is 22.1 Å². The minimum Gasteiger partial charge on any atom is -0.434 e. The molecule has 2 aromatic carbocycles. The summed E-state index contributed by atoms with van der Waals surface area (Å²) in [5.74, 6) is 0.811. The smallest absolute Gasteiger partial charge is 0.387 e. The Labute approximate surface area is 162 Å². The van der Waals surface area contributed by atoms with E-state index in [-0.39, 0.29) is 11.8 Å². The first-order valence-electron chi connectivity index (χ1n) is 7.98. The van der Waals surface area contributed by atoms with Crippen molar-refractivity contribution in [1.29, 1.82) is 0 Å². The standard InChI is InChI=1S/C18H15BrClF2N3O/c1-18(23)8-13(15-10(19)3-2-4-14(15)26-17(21)22)25-12-7-9(20)5-6-11(12)24-16(18)25/h2-7,13,17H,8,23H2,1H3/t13-,18+/m1/s1. The van der Waals surface area contributed by atoms with Crippen LogP contribution in [0.3, 0.4) is 0 Å². The van der Waals surface area contributed by atoms with E-state index in [9.17, 15) is 8.78 Å². The molecule has 0 saturated heterocycles. The Morgan fingerprint density at radius 3 is 2.88 bits per heavy atom. The zero-order valence-corrected chi connectivity index (χ0v) is 16.1. The first-order chi connectivity index (χ1) is 12.3. The van der Waals surface area contributed by atoms with Crippen LogP contribution in [-0.2, 0) is 5.54 Å². The zero-order chi connectivity index (χ0) is 18.6. The number of hydrogen-bond donors (Lipinski definition) is 1. The molecule has 136 valence electrons. The van der Waals surface area contributed by atoms with Crippen molar-refractivity contribution in [3.63, 3.8) is 0 Å². The molecule has 2 atom stereocenters. The first-order valence-corrected chi connectivity index (χ1v) is 9.15. The van der Waals surface area contributed by atoms with Crippen LogP contribution in [0.1, 0.15) is 30.8 Å². The summed E-state index contributed by atoms with van der Waals surface area (Å²) < 4.78 is 33.2. The molecule has 4 rings (SSSR count). The lowest BCUT2D eigenvalue weighted by molar-refractivity contribution is -0.0507. The van der Waals surface area contributed by atoms with E-state index in [1.54, 1.807) is 18.2 Å². The Balaban J connectivity index is 1.97. The molecule has 0 amide bonds. The monoisotopic (exact) mass is 441 g/mol. The van der Waals surface area contributed by atoms with Gasteiger partial charge in [-0.2, -0.15) is 8.78 Å². The van der Waals surface area contributed by atoms with Gasteiger partial charge in [0.05, 0.1) is 22.6 Å². The third-order valence-electron chi connectivity index (χ3n) is 4.65. The minimum atomic E-state index is -2.91. The van der Waals surface area contributed by atoms with Crippen LogP contribution in [0.2, 0.25) is 5.02 Å². The number of nitrogens with two attached hydrogens (primary N) is 1. The summed E-state index contributed by atoms with van der Waals surface area (Å²) in [4.78, 5) is 4.66. The highest BCUT2D eigenvalue weighted by Gasteiger charge is 2.43. The third-order valence-corrected chi connectivity index (χ3v) is 5.58. The highest BCUT2D eigenvalue weighted by Crippen LogP contribution is 2.48. The average Bonchev–Trinajstić information content (AvgIpc) is 3.03. The molecule has 0 spiro atoms. The number of ether oxygens (including phenoxy) is 1. The number of imidazole rings is 1. The van der Waals surface area contributed by atoms with Crippen molar-refractivity contribution in [2.75, 3.05) is 0 Å². The Morgan fingerprint density at radius 2 is 2.15 bits per heavy atom. The Kier molecular flexibility index (Phi) is 4.21. The SMILES string of the molecule is C[C@]1(N)C[C@H](c2c(Br)cccc2OC(F)F)n2c1nc1ccc(Cl)cc12. The van der Waals surface area contributed by atoms with Crippen molar-refractivity contribution in [2.45, 2.75) is 31.5 Å². The van der Waals surface area contributed by atoms with Crippen LogP contribution in [0.5, 0.6) is 5.75 Å². The molecular formula is C18H15BrClF2N3O. The van der Waals surface area contributed by atoms with Crippen LogP contribution < -0.4 is 10.5 Å². The zero-order valence-electron chi connectivity index (χ0n) is 13.7. The van der Waals surface area contributed by atoms with E-state index in [0.29, 0.717) is 27.3 Å². The van der Waals surface area contributed by atoms with Crippen LogP contribution in [0.15, 0.2) is 40.9 Å². The summed E-state index contributed by atoms with van der Waals surface area (Å²) in [5, 5.41) is 0.570. The van der Waals surface area contributed by atoms with Gasteiger partial charge in [0, 0.05) is 15.1 Å². The van der Waals surface area contributed by atoms with E-state index < -0.39 is 12.2 Å². The Bertz CT molecular complexity index is 1010. The molecule has 0 aliphatic carbocycles.